The Morgan fingerprint density at radius 1 is 0.232 bits per heavy atom. The molecular weight excluding hydrogens is 841 g/mol. The minimum Gasteiger partial charge on any atom is -0.507 e. The molecule has 3 heteroatoms. The minimum absolute atomic E-state index is 0.288. The fourth-order valence-electron chi connectivity index (χ4n) is 9.05. The van der Waals surface area contributed by atoms with Gasteiger partial charge in [0.1, 0.15) is 17.2 Å². The van der Waals surface area contributed by atoms with Crippen molar-refractivity contribution in [1.82, 2.24) is 0 Å². The lowest BCUT2D eigenvalue weighted by atomic mass is 9.77. The van der Waals surface area contributed by atoms with Crippen LogP contribution < -0.4 is 0 Å². The van der Waals surface area contributed by atoms with E-state index in [1.165, 1.54) is 0 Å². The monoisotopic (exact) mass is 913 g/mol. The summed E-state index contributed by atoms with van der Waals surface area (Å²) in [6.45, 7) is 38.4. The summed E-state index contributed by atoms with van der Waals surface area (Å²) in [4.78, 5) is 0. The summed E-state index contributed by atoms with van der Waals surface area (Å²) < 4.78 is 0. The number of rotatable bonds is 3. The molecule has 0 bridgehead atoms. The smallest absolute Gasteiger partial charge is 0.123 e. The van der Waals surface area contributed by atoms with Gasteiger partial charge in [0, 0.05) is 66.8 Å². The van der Waals surface area contributed by atoms with E-state index in [-0.39, 0.29) is 32.5 Å². The zero-order chi connectivity index (χ0) is 51.0. The van der Waals surface area contributed by atoms with Crippen molar-refractivity contribution in [1.29, 1.82) is 0 Å². The molecule has 0 fully saturated rings. The Morgan fingerprint density at radius 2 is 0.406 bits per heavy atom. The Labute approximate surface area is 414 Å². The van der Waals surface area contributed by atoms with E-state index in [4.69, 9.17) is 0 Å². The van der Waals surface area contributed by atoms with Crippen LogP contribution in [0.3, 0.4) is 0 Å². The number of aromatic hydroxyl groups is 3. The van der Waals surface area contributed by atoms with Crippen molar-refractivity contribution < 1.29 is 15.3 Å². The van der Waals surface area contributed by atoms with Crippen molar-refractivity contribution in [3.63, 3.8) is 0 Å². The number of fused-ring (bicyclic) bond motifs is 3. The van der Waals surface area contributed by atoms with Crippen LogP contribution in [-0.4, -0.2) is 15.3 Å². The van der Waals surface area contributed by atoms with Crippen molar-refractivity contribution in [3.05, 3.63) is 158 Å². The van der Waals surface area contributed by atoms with Crippen LogP contribution >= 0.6 is 0 Å². The molecule has 354 valence electrons. The molecule has 1 aliphatic carbocycles. The van der Waals surface area contributed by atoms with Crippen molar-refractivity contribution in [2.45, 2.75) is 157 Å². The van der Waals surface area contributed by atoms with Crippen molar-refractivity contribution in [2.75, 3.05) is 0 Å². The zero-order valence-corrected chi connectivity index (χ0v) is 44.5. The van der Waals surface area contributed by atoms with Gasteiger partial charge < -0.3 is 15.3 Å². The highest BCUT2D eigenvalue weighted by atomic mass is 16.3. The van der Waals surface area contributed by atoms with Gasteiger partial charge in [-0.25, -0.2) is 0 Å². The van der Waals surface area contributed by atoms with Crippen molar-refractivity contribution >= 4 is 0 Å². The summed E-state index contributed by atoms with van der Waals surface area (Å²) in [6, 6.07) is 31.6. The number of phenols is 3. The van der Waals surface area contributed by atoms with E-state index in [9.17, 15) is 15.3 Å². The molecule has 0 heterocycles. The van der Waals surface area contributed by atoms with Gasteiger partial charge in [0.15, 0.2) is 0 Å². The molecule has 0 saturated heterocycles. The highest BCUT2D eigenvalue weighted by Gasteiger charge is 2.30. The van der Waals surface area contributed by atoms with E-state index in [2.05, 4.69) is 251 Å². The van der Waals surface area contributed by atoms with Crippen LogP contribution in [0.1, 0.15) is 191 Å². The Balaban J connectivity index is 1.50. The maximum absolute atomic E-state index is 11.6. The lowest BCUT2D eigenvalue weighted by Gasteiger charge is -2.28. The van der Waals surface area contributed by atoms with Crippen LogP contribution in [0.15, 0.2) is 91.0 Å². The lowest BCUT2D eigenvalue weighted by molar-refractivity contribution is 0.422. The summed E-state index contributed by atoms with van der Waals surface area (Å²) in [5, 5.41) is 34.8. The van der Waals surface area contributed by atoms with E-state index >= 15 is 0 Å². The van der Waals surface area contributed by atoms with Gasteiger partial charge in [0.25, 0.3) is 0 Å². The van der Waals surface area contributed by atoms with E-state index in [0.717, 1.165) is 100 Å². The average Bonchev–Trinajstić information content (AvgIpc) is 3.22. The molecule has 1 aliphatic rings. The number of hydrogen-bond acceptors (Lipinski definition) is 3. The molecule has 0 amide bonds. The van der Waals surface area contributed by atoms with E-state index in [1.54, 1.807) is 0 Å². The van der Waals surface area contributed by atoms with Gasteiger partial charge in [-0.15, -0.1) is 0 Å². The molecule has 0 spiro atoms. The number of hydrogen-bond donors (Lipinski definition) is 3. The maximum atomic E-state index is 11.6. The normalized spacial score (nSPS) is 13.0. The summed E-state index contributed by atoms with van der Waals surface area (Å²) in [7, 11) is 0. The third-order valence-corrected chi connectivity index (χ3v) is 13.2. The topological polar surface area (TPSA) is 60.7 Å². The third kappa shape index (κ3) is 10.5. The lowest BCUT2D eigenvalue weighted by Crippen LogP contribution is -2.17. The van der Waals surface area contributed by atoms with Gasteiger partial charge in [-0.2, -0.15) is 0 Å². The second-order valence-electron chi connectivity index (χ2n) is 25.3. The van der Waals surface area contributed by atoms with E-state index in [0.29, 0.717) is 17.2 Å². The first-order chi connectivity index (χ1) is 31.7. The summed E-state index contributed by atoms with van der Waals surface area (Å²) in [6.07, 6.45) is 0. The highest BCUT2D eigenvalue weighted by molar-refractivity contribution is 5.77. The molecule has 0 aromatic heterocycles. The highest BCUT2D eigenvalue weighted by Crippen LogP contribution is 2.45. The molecule has 7 rings (SSSR count). The molecular formula is C66H72O3. The van der Waals surface area contributed by atoms with Gasteiger partial charge >= 0.3 is 0 Å². The maximum Gasteiger partial charge on any atom is 0.123 e. The number of benzene rings is 6. The second-order valence-corrected chi connectivity index (χ2v) is 25.3. The predicted octanol–water partition coefficient (Wildman–Crippen LogP) is 16.1. The van der Waals surface area contributed by atoms with Gasteiger partial charge in [-0.05, 0) is 139 Å². The summed E-state index contributed by atoms with van der Waals surface area (Å²) in [5.74, 6) is 22.3. The van der Waals surface area contributed by atoms with Crippen LogP contribution in [0.5, 0.6) is 17.2 Å². The molecule has 3 N–H and O–H groups in total. The SMILES string of the molecule is CC(C)(C)c1cc(-c2ccc3c(c2)C#Cc2ccc(-c4cc(C(C)(C)C)c(O)c(C(C)(C)C)c4)cc2C#Cc2ccc(-c4cc(C(C)(C)C)c(O)c(C(C)(C)C)c4)cc2C#C3)cc(C(C)(C)C)c1O. The number of phenolic OH excluding ortho intramolecular Hbond substituents is 3. The van der Waals surface area contributed by atoms with E-state index in [1.807, 2.05) is 0 Å². The van der Waals surface area contributed by atoms with Gasteiger partial charge in [0.2, 0.25) is 0 Å². The van der Waals surface area contributed by atoms with E-state index < -0.39 is 0 Å². The van der Waals surface area contributed by atoms with Gasteiger partial charge in [-0.3, -0.25) is 0 Å². The Hall–Kier alpha value is -6.60. The third-order valence-electron chi connectivity index (χ3n) is 13.2. The van der Waals surface area contributed by atoms with Gasteiger partial charge in [0.05, 0.1) is 0 Å². The molecule has 0 unspecified atom stereocenters. The first-order valence-electron chi connectivity index (χ1n) is 24.3. The Morgan fingerprint density at radius 3 is 0.580 bits per heavy atom. The van der Waals surface area contributed by atoms with Crippen LogP contribution in [0.2, 0.25) is 0 Å². The minimum atomic E-state index is -0.288. The van der Waals surface area contributed by atoms with Crippen LogP contribution in [0.4, 0.5) is 0 Å². The average molecular weight is 913 g/mol. The van der Waals surface area contributed by atoms with Crippen molar-refractivity contribution in [3.8, 4) is 86.2 Å². The molecule has 69 heavy (non-hydrogen) atoms. The molecule has 6 aromatic carbocycles. The molecule has 0 aliphatic heterocycles. The molecule has 0 radical (unpaired) electrons. The second kappa shape index (κ2) is 17.4. The largest absolute Gasteiger partial charge is 0.507 e. The molecule has 6 aromatic rings. The predicted molar refractivity (Wildman–Crippen MR) is 291 cm³/mol. The summed E-state index contributed by atoms with van der Waals surface area (Å²) in [5.41, 5.74) is 14.4. The first-order valence-corrected chi connectivity index (χ1v) is 24.3. The fourth-order valence-corrected chi connectivity index (χ4v) is 9.05. The standard InChI is InChI=1S/C66H72O3/c1-61(2,3)52-34-49(35-53(58(52)67)62(4,5)6)46-28-22-40-20-26-44-32-48(51-38-56(65(13,14)15)60(69)57(39-51)66(16,17)18)30-24-42(44)21-27-45-33-47(29-23-41(45)19-25-43(40)31-46)50-36-54(63(7,8)9)59(68)55(37-50)64(10,11)12/h22-24,28-39,67-69H,1-18H3. The first kappa shape index (κ1) is 50.3. The van der Waals surface area contributed by atoms with Crippen LogP contribution in [0.25, 0.3) is 33.4 Å². The van der Waals surface area contributed by atoms with Crippen LogP contribution in [0, 0.1) is 35.5 Å². The van der Waals surface area contributed by atoms with Crippen molar-refractivity contribution in [2.24, 2.45) is 0 Å². The Bertz CT molecular complexity index is 2780. The molecule has 3 nitrogen and oxygen atoms in total. The van der Waals surface area contributed by atoms with Gasteiger partial charge in [-0.1, -0.05) is 178 Å². The molecule has 0 atom stereocenters. The fraction of sp³-hybridized carbons (Fsp3) is 0.364. The zero-order valence-electron chi connectivity index (χ0n) is 44.5. The van der Waals surface area contributed by atoms with Crippen LogP contribution in [-0.2, 0) is 32.5 Å². The Kier molecular flexibility index (Phi) is 12.7. The summed E-state index contributed by atoms with van der Waals surface area (Å²) >= 11 is 0. The molecule has 0 saturated carbocycles. The quantitative estimate of drug-likeness (QED) is 0.155.